The van der Waals surface area contributed by atoms with Crippen molar-refractivity contribution in [3.05, 3.63) is 118 Å². The first-order valence-corrected chi connectivity index (χ1v) is 50.8. The van der Waals surface area contributed by atoms with Crippen molar-refractivity contribution in [1.82, 2.24) is 57.3 Å². The zero-order valence-corrected chi connectivity index (χ0v) is 83.0. The van der Waals surface area contributed by atoms with E-state index in [0.717, 1.165) is 47.1 Å². The van der Waals surface area contributed by atoms with Gasteiger partial charge in [-0.2, -0.15) is 0 Å². The van der Waals surface area contributed by atoms with Gasteiger partial charge in [0, 0.05) is 118 Å². The van der Waals surface area contributed by atoms with Crippen LogP contribution in [-0.2, 0) is 110 Å². The number of Topliss-reactive ketones (excluding diaryl/α,β-unsaturated/α-hetero) is 3. The van der Waals surface area contributed by atoms with Crippen LogP contribution in [0.2, 0.25) is 0 Å². The molecule has 5 rings (SSSR count). The van der Waals surface area contributed by atoms with Gasteiger partial charge >= 0.3 is 47.9 Å². The normalized spacial score (nSPS) is 15.3. The molecule has 0 radical (unpaired) electrons. The maximum absolute atomic E-state index is 15.1. The number of aliphatic carboxylic acids is 4. The number of phenols is 1. The summed E-state index contributed by atoms with van der Waals surface area (Å²) in [7, 11) is 4.23. The van der Waals surface area contributed by atoms with Gasteiger partial charge in [0.25, 0.3) is 12.4 Å². The molecule has 9 amide bonds. The topological polar surface area (TPSA) is 587 Å². The van der Waals surface area contributed by atoms with E-state index >= 15 is 4.79 Å². The molecule has 1 unspecified atom stereocenters. The number of alkyl carbamates (subject to hydrolysis) is 1. The highest BCUT2D eigenvalue weighted by Crippen LogP contribution is 2.35. The molecule has 1 saturated heterocycles. The molecule has 1 fully saturated rings. The van der Waals surface area contributed by atoms with Crippen molar-refractivity contribution in [2.24, 2.45) is 41.2 Å². The Labute approximate surface area is 822 Å². The van der Waals surface area contributed by atoms with E-state index in [9.17, 15) is 102 Å². The van der Waals surface area contributed by atoms with Crippen LogP contribution in [0.1, 0.15) is 241 Å². The van der Waals surface area contributed by atoms with Crippen LogP contribution in [0.15, 0.2) is 90.3 Å². The minimum Gasteiger partial charge on any atom is -0.508 e. The average Bonchev–Trinajstić information content (AvgIpc) is 1.76. The highest BCUT2D eigenvalue weighted by molar-refractivity contribution is 8.76. The van der Waals surface area contributed by atoms with Gasteiger partial charge in [-0.1, -0.05) is 168 Å². The third kappa shape index (κ3) is 46.3. The third-order valence-corrected chi connectivity index (χ3v) is 27.3. The maximum Gasteiger partial charge on any atom is 0.407 e. The standard InChI is InChI=1S/C97H140N12O27S3/c1-9-25-88(122)134-58-109(93(126)72(61(5)10-2)52-80(114)77-31-22-24-43-108(77)8)78(60(3)4)53-82(136-63(7)111)92-105-76(57-137-92)91(125)103-70(48-66-34-38-71(112)39-35-66)46-62(6)81(115)55-101-97(132)133-44-45-138-139-56-67(94(127)128)36-37-69(51-87(120)121)102-90(124)73(98)54-100-89(123)68(47-64-26-15-13-16-27-64)50-79(113)75(49-65-28-17-14-18-29-65)104-84(117)33-19-11-12-23-42-99-83(116)32-21-20-30-74(95(129)130)106-96(131)107-85(135-59-110)40-41-86(118)119/h13-18,26-29,34-35,38-39,57,59-62,67-70,72-75,77-78,82,85,112H,9-12,19-25,30-33,36-37,40-56,58,98H2,1-8H3,(H,99,116)(H,100,123)(H,101,132)(H,102,124)(H,103,125)(H,104,117)(H,118,119)(H,120,121)(H,127,128)(H,129,130)(H2,106,107,131)/t61?,62-,67-,68+,69+,70+,72-,73-,74-,75-,77+,78+,82+,85+/m0/s1. The fourth-order valence-electron chi connectivity index (χ4n) is 15.8. The van der Waals surface area contributed by atoms with Crippen molar-refractivity contribution in [3.63, 3.8) is 0 Å². The molecule has 15 N–H and O–H groups in total. The molecule has 42 heteroatoms. The SMILES string of the molecule is CCCC(=O)OCN(C(=O)[C@@H](CC(=O)[C@H]1CCCCN1C)C(C)CC)[C@H](C[C@@H](OC(C)=O)c1nc(C(=O)N[C@@H](Cc2ccc(O)cc2)C[C@H](C)C(=O)CNC(=O)OCCSSC[C@H](CC[C@H](CC(=O)O)NC(=O)[C@@H](N)CNC(=O)[C@@H](CC(=O)[C@H](Cc2ccccc2)NC(=O)CCCCCCNC(=O)CCCC[C@H](NC(=O)N[C@@H](CCC(=O)O)OC=O)C(=O)O)Cc2ccccc2)C(=O)O)cs1)C(C)C. The molecule has 3 aromatic carbocycles. The molecular formula is C97H140N12O27S3. The molecule has 1 aliphatic rings. The molecule has 1 aromatic heterocycles. The van der Waals surface area contributed by atoms with Crippen LogP contribution in [0, 0.1) is 35.5 Å². The monoisotopic (exact) mass is 2000 g/mol. The molecule has 0 saturated carbocycles. The molecule has 768 valence electrons. The number of likely N-dealkylation sites (N-methyl/N-ethyl adjacent to an activating group) is 1. The van der Waals surface area contributed by atoms with Crippen LogP contribution in [0.4, 0.5) is 9.59 Å². The lowest BCUT2D eigenvalue weighted by molar-refractivity contribution is -0.162. The highest BCUT2D eigenvalue weighted by Gasteiger charge is 2.41. The Morgan fingerprint density at radius 3 is 1.94 bits per heavy atom. The van der Waals surface area contributed by atoms with Crippen LogP contribution in [0.25, 0.3) is 0 Å². The van der Waals surface area contributed by atoms with Crippen molar-refractivity contribution in [3.8, 4) is 5.75 Å². The number of phenolic OH excluding ortho intramolecular Hbond substituents is 1. The fourth-order valence-corrected chi connectivity index (χ4v) is 18.8. The van der Waals surface area contributed by atoms with Crippen molar-refractivity contribution in [2.75, 3.05) is 58.1 Å². The second-order valence-electron chi connectivity index (χ2n) is 35.4. The number of hydrogen-bond acceptors (Lipinski definition) is 29. The number of urea groups is 1. The summed E-state index contributed by atoms with van der Waals surface area (Å²) in [5.74, 6) is -14.4. The third-order valence-electron chi connectivity index (χ3n) is 23.9. The number of carbonyl (C=O) groups is 18. The molecule has 4 aromatic rings. The van der Waals surface area contributed by atoms with E-state index in [4.69, 9.17) is 25.1 Å². The number of nitrogens with one attached hydrogen (secondary N) is 8. The van der Waals surface area contributed by atoms with Gasteiger partial charge in [0.2, 0.25) is 29.5 Å². The van der Waals surface area contributed by atoms with Crippen molar-refractivity contribution in [2.45, 2.75) is 276 Å². The largest absolute Gasteiger partial charge is 0.508 e. The second kappa shape index (κ2) is 64.6. The Bertz CT molecular complexity index is 4610. The number of unbranched alkanes of at least 4 members (excludes halogenated alkanes) is 4. The van der Waals surface area contributed by atoms with Crippen LogP contribution in [0.3, 0.4) is 0 Å². The number of ether oxygens (including phenoxy) is 4. The lowest BCUT2D eigenvalue weighted by Gasteiger charge is -2.39. The van der Waals surface area contributed by atoms with E-state index in [-0.39, 0.29) is 173 Å². The number of aromatic hydroxyl groups is 1. The van der Waals surface area contributed by atoms with Crippen LogP contribution < -0.4 is 48.3 Å². The molecule has 1 aliphatic heterocycles. The first-order chi connectivity index (χ1) is 66.3. The summed E-state index contributed by atoms with van der Waals surface area (Å²) in [6.45, 7) is 11.9. The summed E-state index contributed by atoms with van der Waals surface area (Å²) < 4.78 is 21.7. The molecule has 0 spiro atoms. The quantitative estimate of drug-likeness (QED) is 0.00488. The van der Waals surface area contributed by atoms with Gasteiger partial charge in [-0.15, -0.1) is 11.3 Å². The number of aromatic nitrogens is 1. The average molecular weight is 2000 g/mol. The Kier molecular flexibility index (Phi) is 54.8. The zero-order valence-electron chi connectivity index (χ0n) is 80.5. The Morgan fingerprint density at radius 2 is 1.30 bits per heavy atom. The molecule has 0 aliphatic carbocycles. The molecule has 14 atom stereocenters. The minimum atomic E-state index is -1.45. The molecule has 2 heterocycles. The number of rotatable bonds is 70. The maximum atomic E-state index is 15.1. The molecule has 0 bridgehead atoms. The van der Waals surface area contributed by atoms with E-state index in [0.29, 0.717) is 69.0 Å². The fraction of sp³-hybridized carbons (Fsp3) is 0.598. The number of ketones is 3. The zero-order chi connectivity index (χ0) is 102. The summed E-state index contributed by atoms with van der Waals surface area (Å²) in [6, 6.07) is 16.3. The number of likely N-dealkylation sites (tertiary alicyclic amines) is 1. The number of piperidine rings is 1. The summed E-state index contributed by atoms with van der Waals surface area (Å²) in [4.78, 5) is 243. The van der Waals surface area contributed by atoms with Crippen LogP contribution >= 0.6 is 32.9 Å². The first-order valence-electron chi connectivity index (χ1n) is 47.4. The number of carbonyl (C=O) groups excluding carboxylic acids is 14. The van der Waals surface area contributed by atoms with E-state index < -0.39 is 188 Å². The second-order valence-corrected chi connectivity index (χ2v) is 38.9. The van der Waals surface area contributed by atoms with Gasteiger partial charge in [-0.3, -0.25) is 76.8 Å². The number of hydrogen-bond donors (Lipinski definition) is 14. The van der Waals surface area contributed by atoms with Gasteiger partial charge in [0.15, 0.2) is 36.4 Å². The number of thiazole rings is 1. The Morgan fingerprint density at radius 1 is 0.633 bits per heavy atom. The number of nitrogens with zero attached hydrogens (tertiary/aromatic N) is 3. The van der Waals surface area contributed by atoms with Gasteiger partial charge < -0.3 is 97.6 Å². The summed E-state index contributed by atoms with van der Waals surface area (Å²) in [5.41, 5.74) is 8.39. The number of esters is 2. The molecule has 39 nitrogen and oxygen atoms in total. The number of carboxylic acids is 4. The number of carboxylic acid groups (broad SMARTS) is 4. The predicted molar refractivity (Wildman–Crippen MR) is 518 cm³/mol. The number of nitrogens with two attached hydrogens (primary N) is 1. The summed E-state index contributed by atoms with van der Waals surface area (Å²) >= 11 is 1.04. The Balaban J connectivity index is 1.09. The minimum absolute atomic E-state index is 0.00303. The van der Waals surface area contributed by atoms with Crippen molar-refractivity contribution < 1.29 is 131 Å². The summed E-state index contributed by atoms with van der Waals surface area (Å²) in [6.07, 6.45) is 1.75. The number of amides is 9. The first kappa shape index (κ1) is 118. The Hall–Kier alpha value is -11.6. The van der Waals surface area contributed by atoms with E-state index in [2.05, 4.69) is 52.3 Å². The van der Waals surface area contributed by atoms with Crippen molar-refractivity contribution in [1.29, 1.82) is 0 Å². The smallest absolute Gasteiger partial charge is 0.407 e. The van der Waals surface area contributed by atoms with E-state index in [1.54, 1.807) is 79.7 Å². The van der Waals surface area contributed by atoms with Gasteiger partial charge in [0.05, 0.1) is 37.4 Å². The van der Waals surface area contributed by atoms with E-state index in [1.807, 2.05) is 46.6 Å². The summed E-state index contributed by atoms with van der Waals surface area (Å²) in [5, 5.41) is 71.2. The molecular weight excluding hydrogens is 1860 g/mol. The lowest BCUT2D eigenvalue weighted by atomic mass is 9.82. The van der Waals surface area contributed by atoms with Crippen molar-refractivity contribution >= 4 is 140 Å². The highest BCUT2D eigenvalue weighted by atomic mass is 33.1. The predicted octanol–water partition coefficient (Wildman–Crippen LogP) is 9.32. The van der Waals surface area contributed by atoms with E-state index in [1.165, 1.54) is 40.1 Å². The number of benzene rings is 3. The van der Waals surface area contributed by atoms with Crippen LogP contribution in [0.5, 0.6) is 5.75 Å². The van der Waals surface area contributed by atoms with Gasteiger partial charge in [0.1, 0.15) is 35.1 Å². The van der Waals surface area contributed by atoms with Gasteiger partial charge in [-0.05, 0) is 138 Å². The molecule has 139 heavy (non-hydrogen) atoms. The van der Waals surface area contributed by atoms with Gasteiger partial charge in [-0.25, -0.2) is 19.4 Å². The lowest BCUT2D eigenvalue weighted by Crippen LogP contribution is -2.52. The van der Waals surface area contributed by atoms with Crippen LogP contribution in [-0.4, -0.2) is 254 Å².